The van der Waals surface area contributed by atoms with Crippen molar-refractivity contribution in [1.82, 2.24) is 0 Å². The first-order valence-electron chi connectivity index (χ1n) is 6.99. The van der Waals surface area contributed by atoms with Crippen LogP contribution in [0.15, 0.2) is 53.0 Å². The van der Waals surface area contributed by atoms with Gasteiger partial charge in [0.1, 0.15) is 11.5 Å². The number of rotatable bonds is 5. The third-order valence-electron chi connectivity index (χ3n) is 3.29. The molecule has 0 aromatic heterocycles. The molecule has 2 aromatic rings. The topological polar surface area (TPSA) is 43.4 Å². The van der Waals surface area contributed by atoms with Gasteiger partial charge < -0.3 is 4.74 Å². The van der Waals surface area contributed by atoms with Crippen LogP contribution in [0.5, 0.6) is 5.75 Å². The van der Waals surface area contributed by atoms with Gasteiger partial charge in [0.05, 0.1) is 0 Å². The summed E-state index contributed by atoms with van der Waals surface area (Å²) in [6.45, 7) is 2.94. The van der Waals surface area contributed by atoms with Crippen molar-refractivity contribution >= 4 is 27.7 Å². The molecule has 0 radical (unpaired) electrons. The molecule has 22 heavy (non-hydrogen) atoms. The first-order valence-corrected chi connectivity index (χ1v) is 7.79. The summed E-state index contributed by atoms with van der Waals surface area (Å²) in [5.74, 6) is 0.0529. The molecule has 0 spiro atoms. The number of halogens is 1. The Morgan fingerprint density at radius 3 is 2.36 bits per heavy atom. The Bertz CT molecular complexity index is 680. The second kappa shape index (κ2) is 7.36. The van der Waals surface area contributed by atoms with Crippen molar-refractivity contribution in [3.63, 3.8) is 0 Å². The molecule has 4 heteroatoms. The molecule has 0 saturated carbocycles. The maximum Gasteiger partial charge on any atom is 0.308 e. The van der Waals surface area contributed by atoms with Crippen LogP contribution in [0.3, 0.4) is 0 Å². The summed E-state index contributed by atoms with van der Waals surface area (Å²) in [4.78, 5) is 23.0. The smallest absolute Gasteiger partial charge is 0.308 e. The lowest BCUT2D eigenvalue weighted by molar-refractivity contribution is -0.131. The molecule has 3 nitrogen and oxygen atoms in total. The number of hydrogen-bond acceptors (Lipinski definition) is 3. The molecule has 1 unspecified atom stereocenters. The van der Waals surface area contributed by atoms with Gasteiger partial charge in [0.2, 0.25) is 0 Å². The highest BCUT2D eigenvalue weighted by molar-refractivity contribution is 9.10. The summed E-state index contributed by atoms with van der Waals surface area (Å²) < 4.78 is 6.19. The van der Waals surface area contributed by atoms with E-state index >= 15 is 0 Å². The number of carbonyl (C=O) groups excluding carboxylic acids is 2. The van der Waals surface area contributed by atoms with Crippen molar-refractivity contribution in [2.45, 2.75) is 26.2 Å². The summed E-state index contributed by atoms with van der Waals surface area (Å²) in [5, 5.41) is 0. The number of hydrogen-bond donors (Lipinski definition) is 0. The Kier molecular flexibility index (Phi) is 5.50. The average molecular weight is 361 g/mol. The van der Waals surface area contributed by atoms with Crippen LogP contribution < -0.4 is 4.74 Å². The summed E-state index contributed by atoms with van der Waals surface area (Å²) in [7, 11) is 0. The maximum atomic E-state index is 11.7. The van der Waals surface area contributed by atoms with Crippen LogP contribution in [0.4, 0.5) is 0 Å². The monoisotopic (exact) mass is 360 g/mol. The summed E-state index contributed by atoms with van der Waals surface area (Å²) in [5.41, 5.74) is 1.84. The second-order valence-corrected chi connectivity index (χ2v) is 6.06. The molecule has 0 aliphatic rings. The Labute approximate surface area is 138 Å². The molecule has 1 atom stereocenters. The zero-order valence-electron chi connectivity index (χ0n) is 12.5. The van der Waals surface area contributed by atoms with Gasteiger partial charge in [0.25, 0.3) is 0 Å². The summed E-state index contributed by atoms with van der Waals surface area (Å²) >= 11 is 3.44. The fourth-order valence-electron chi connectivity index (χ4n) is 2.42. The van der Waals surface area contributed by atoms with Crippen molar-refractivity contribution < 1.29 is 14.3 Å². The normalized spacial score (nSPS) is 11.8. The first kappa shape index (κ1) is 16.4. The molecule has 0 amide bonds. The SMILES string of the molecule is CC(=O)CC(c1ccccc1)c1cc(Br)ccc1OC(C)=O. The van der Waals surface area contributed by atoms with Crippen LogP contribution >= 0.6 is 15.9 Å². The largest absolute Gasteiger partial charge is 0.426 e. The summed E-state index contributed by atoms with van der Waals surface area (Å²) in [6.07, 6.45) is 0.356. The number of benzene rings is 2. The van der Waals surface area contributed by atoms with Crippen LogP contribution in [0.1, 0.15) is 37.3 Å². The molecule has 2 aromatic carbocycles. The average Bonchev–Trinajstić information content (AvgIpc) is 2.47. The Hall–Kier alpha value is -1.94. The third kappa shape index (κ3) is 4.28. The van der Waals surface area contributed by atoms with E-state index < -0.39 is 0 Å². The van der Waals surface area contributed by atoms with E-state index in [0.29, 0.717) is 12.2 Å². The lowest BCUT2D eigenvalue weighted by Crippen LogP contribution is -2.10. The van der Waals surface area contributed by atoms with E-state index in [4.69, 9.17) is 4.74 Å². The fraction of sp³-hybridized carbons (Fsp3) is 0.222. The molecule has 0 fully saturated rings. The van der Waals surface area contributed by atoms with E-state index in [1.807, 2.05) is 42.5 Å². The van der Waals surface area contributed by atoms with Crippen LogP contribution in [0.2, 0.25) is 0 Å². The minimum atomic E-state index is -0.377. The van der Waals surface area contributed by atoms with Crippen molar-refractivity contribution in [2.24, 2.45) is 0 Å². The highest BCUT2D eigenvalue weighted by Gasteiger charge is 2.21. The van der Waals surface area contributed by atoms with Crippen molar-refractivity contribution in [3.05, 3.63) is 64.1 Å². The van der Waals surface area contributed by atoms with Gasteiger partial charge in [-0.05, 0) is 30.7 Å². The van der Waals surface area contributed by atoms with Gasteiger partial charge >= 0.3 is 5.97 Å². The molecular formula is C18H17BrO3. The summed E-state index contributed by atoms with van der Waals surface area (Å²) in [6, 6.07) is 15.2. The highest BCUT2D eigenvalue weighted by Crippen LogP contribution is 2.36. The number of ketones is 1. The van der Waals surface area contributed by atoms with E-state index in [1.54, 1.807) is 13.0 Å². The van der Waals surface area contributed by atoms with Crippen LogP contribution in [0.25, 0.3) is 0 Å². The van der Waals surface area contributed by atoms with Gasteiger partial charge in [0, 0.05) is 29.3 Å². The molecular weight excluding hydrogens is 344 g/mol. The molecule has 0 N–H and O–H groups in total. The lowest BCUT2D eigenvalue weighted by atomic mass is 9.87. The molecule has 0 aliphatic heterocycles. The zero-order chi connectivity index (χ0) is 16.1. The fourth-order valence-corrected chi connectivity index (χ4v) is 2.80. The van der Waals surface area contributed by atoms with Gasteiger partial charge in [0.15, 0.2) is 0 Å². The maximum absolute atomic E-state index is 11.7. The zero-order valence-corrected chi connectivity index (χ0v) is 14.1. The van der Waals surface area contributed by atoms with Gasteiger partial charge in [-0.15, -0.1) is 0 Å². The Morgan fingerprint density at radius 2 is 1.77 bits per heavy atom. The van der Waals surface area contributed by atoms with Crippen molar-refractivity contribution in [3.8, 4) is 5.75 Å². The molecule has 0 bridgehead atoms. The quantitative estimate of drug-likeness (QED) is 0.582. The third-order valence-corrected chi connectivity index (χ3v) is 3.79. The molecule has 114 valence electrons. The highest BCUT2D eigenvalue weighted by atomic mass is 79.9. The molecule has 2 rings (SSSR count). The number of ether oxygens (including phenoxy) is 1. The second-order valence-electron chi connectivity index (χ2n) is 5.15. The van der Waals surface area contributed by atoms with Crippen LogP contribution in [0, 0.1) is 0 Å². The van der Waals surface area contributed by atoms with Gasteiger partial charge in [-0.25, -0.2) is 0 Å². The van der Waals surface area contributed by atoms with E-state index in [-0.39, 0.29) is 17.7 Å². The minimum absolute atomic E-state index is 0.0857. The van der Waals surface area contributed by atoms with Crippen molar-refractivity contribution in [2.75, 3.05) is 0 Å². The molecule has 0 heterocycles. The lowest BCUT2D eigenvalue weighted by Gasteiger charge is -2.20. The van der Waals surface area contributed by atoms with E-state index in [1.165, 1.54) is 6.92 Å². The van der Waals surface area contributed by atoms with E-state index in [9.17, 15) is 9.59 Å². The number of esters is 1. The van der Waals surface area contributed by atoms with Crippen LogP contribution in [-0.2, 0) is 9.59 Å². The van der Waals surface area contributed by atoms with Crippen LogP contribution in [-0.4, -0.2) is 11.8 Å². The van der Waals surface area contributed by atoms with E-state index in [2.05, 4.69) is 15.9 Å². The predicted octanol–water partition coefficient (Wildman–Crippen LogP) is 4.49. The van der Waals surface area contributed by atoms with Crippen molar-refractivity contribution in [1.29, 1.82) is 0 Å². The Morgan fingerprint density at radius 1 is 1.09 bits per heavy atom. The first-order chi connectivity index (χ1) is 10.5. The standard InChI is InChI=1S/C18H17BrO3/c1-12(20)10-16(14-6-4-3-5-7-14)17-11-15(19)8-9-18(17)22-13(2)21/h3-9,11,16H,10H2,1-2H3. The van der Waals surface area contributed by atoms with E-state index in [0.717, 1.165) is 15.6 Å². The van der Waals surface area contributed by atoms with Gasteiger partial charge in [-0.2, -0.15) is 0 Å². The van der Waals surface area contributed by atoms with Gasteiger partial charge in [-0.1, -0.05) is 46.3 Å². The minimum Gasteiger partial charge on any atom is -0.426 e. The number of carbonyl (C=O) groups is 2. The molecule has 0 aliphatic carbocycles. The predicted molar refractivity (Wildman–Crippen MR) is 89.0 cm³/mol. The van der Waals surface area contributed by atoms with Gasteiger partial charge in [-0.3, -0.25) is 9.59 Å². The number of Topliss-reactive ketones (excluding diaryl/α,β-unsaturated/α-hetero) is 1. The molecule has 0 saturated heterocycles. The Balaban J connectivity index is 2.53.